The summed E-state index contributed by atoms with van der Waals surface area (Å²) >= 11 is 0. The molecule has 0 heterocycles. The lowest BCUT2D eigenvalue weighted by Crippen LogP contribution is -2.43. The third-order valence-electron chi connectivity index (χ3n) is 2.22. The van der Waals surface area contributed by atoms with Gasteiger partial charge < -0.3 is 15.2 Å². The molecule has 0 spiro atoms. The Labute approximate surface area is 116 Å². The van der Waals surface area contributed by atoms with Crippen molar-refractivity contribution in [1.29, 1.82) is 0 Å². The van der Waals surface area contributed by atoms with E-state index in [-0.39, 0.29) is 26.0 Å². The summed E-state index contributed by atoms with van der Waals surface area (Å²) in [6.45, 7) is 4.70. The van der Waals surface area contributed by atoms with E-state index in [1.165, 1.54) is 0 Å². The van der Waals surface area contributed by atoms with Crippen molar-refractivity contribution in [2.24, 2.45) is 5.41 Å². The van der Waals surface area contributed by atoms with Crippen LogP contribution in [0.25, 0.3) is 0 Å². The highest BCUT2D eigenvalue weighted by Crippen LogP contribution is 2.24. The maximum Gasteiger partial charge on any atom is 0.325 e. The van der Waals surface area contributed by atoms with Crippen molar-refractivity contribution in [2.75, 3.05) is 13.2 Å². The lowest BCUT2D eigenvalue weighted by molar-refractivity contribution is -0.142. The Kier molecular flexibility index (Phi) is 7.27. The van der Waals surface area contributed by atoms with Gasteiger partial charge in [-0.15, -0.1) is 0 Å². The van der Waals surface area contributed by atoms with E-state index in [4.69, 9.17) is 5.11 Å². The first-order valence-corrected chi connectivity index (χ1v) is 6.11. The van der Waals surface area contributed by atoms with Crippen LogP contribution < -0.4 is 10.6 Å². The molecule has 0 fully saturated rings. The van der Waals surface area contributed by atoms with Crippen molar-refractivity contribution in [1.82, 2.24) is 10.6 Å². The Hall–Kier alpha value is -2.12. The predicted octanol–water partition coefficient (Wildman–Crippen LogP) is 0.266. The summed E-state index contributed by atoms with van der Waals surface area (Å²) in [5.41, 5.74) is -0.767. The minimum absolute atomic E-state index is 0.119. The molecule has 0 aromatic carbocycles. The summed E-state index contributed by atoms with van der Waals surface area (Å²) in [7, 11) is 0. The first-order valence-electron chi connectivity index (χ1n) is 6.11. The second-order valence-corrected chi connectivity index (χ2v) is 4.95. The molecule has 0 unspecified atom stereocenters. The molecule has 0 aromatic heterocycles. The Morgan fingerprint density at radius 1 is 1.15 bits per heavy atom. The maximum absolute atomic E-state index is 11.5. The van der Waals surface area contributed by atoms with Crippen LogP contribution in [0.5, 0.6) is 0 Å². The van der Waals surface area contributed by atoms with E-state index in [1.807, 2.05) is 5.32 Å². The lowest BCUT2D eigenvalue weighted by atomic mass is 9.85. The minimum Gasteiger partial charge on any atom is -0.481 e. The van der Waals surface area contributed by atoms with Crippen LogP contribution in [0, 0.1) is 5.41 Å². The first kappa shape index (κ1) is 17.9. The molecule has 8 heteroatoms. The lowest BCUT2D eigenvalue weighted by Gasteiger charge is -2.21. The van der Waals surface area contributed by atoms with E-state index in [1.54, 1.807) is 20.8 Å². The Morgan fingerprint density at radius 2 is 1.75 bits per heavy atom. The molecule has 0 aliphatic heterocycles. The molecule has 0 rings (SSSR count). The SMILES string of the molecule is CCOC(=O)CNC(=O)NC(=O)CC(C)(C)CC(=O)O. The topological polar surface area (TPSA) is 122 Å². The summed E-state index contributed by atoms with van der Waals surface area (Å²) in [5, 5.41) is 12.9. The van der Waals surface area contributed by atoms with Crippen LogP contribution in [0.15, 0.2) is 0 Å². The summed E-state index contributed by atoms with van der Waals surface area (Å²) < 4.78 is 4.59. The van der Waals surface area contributed by atoms with Crippen molar-refractivity contribution in [3.63, 3.8) is 0 Å². The van der Waals surface area contributed by atoms with Gasteiger partial charge in [0.25, 0.3) is 0 Å². The Morgan fingerprint density at radius 3 is 2.25 bits per heavy atom. The van der Waals surface area contributed by atoms with Crippen LogP contribution in [-0.2, 0) is 19.1 Å². The number of carboxylic acids is 1. The fraction of sp³-hybridized carbons (Fsp3) is 0.667. The third kappa shape index (κ3) is 8.90. The Balaban J connectivity index is 4.11. The average Bonchev–Trinajstić information content (AvgIpc) is 2.23. The number of imide groups is 1. The number of hydrogen-bond donors (Lipinski definition) is 3. The molecule has 0 radical (unpaired) electrons. The fourth-order valence-electron chi connectivity index (χ4n) is 1.49. The zero-order valence-electron chi connectivity index (χ0n) is 11.8. The molecule has 0 saturated carbocycles. The van der Waals surface area contributed by atoms with E-state index in [9.17, 15) is 19.2 Å². The smallest absolute Gasteiger partial charge is 0.325 e. The van der Waals surface area contributed by atoms with Gasteiger partial charge in [-0.1, -0.05) is 13.8 Å². The molecular weight excluding hydrogens is 268 g/mol. The zero-order valence-corrected chi connectivity index (χ0v) is 11.8. The van der Waals surface area contributed by atoms with E-state index >= 15 is 0 Å². The molecule has 8 nitrogen and oxygen atoms in total. The third-order valence-corrected chi connectivity index (χ3v) is 2.22. The van der Waals surface area contributed by atoms with E-state index in [0.29, 0.717) is 0 Å². The number of carbonyl (C=O) groups is 4. The molecule has 3 N–H and O–H groups in total. The number of aliphatic carboxylic acids is 1. The standard InChI is InChI=1S/C12H20N2O6/c1-4-20-10(18)7-13-11(19)14-8(15)5-12(2,3)6-9(16)17/h4-7H2,1-3H3,(H,16,17)(H2,13,14,15,19). The summed E-state index contributed by atoms with van der Waals surface area (Å²) in [6.07, 6.45) is -0.309. The highest BCUT2D eigenvalue weighted by atomic mass is 16.5. The number of hydrogen-bond acceptors (Lipinski definition) is 5. The van der Waals surface area contributed by atoms with Gasteiger partial charge in [0, 0.05) is 6.42 Å². The number of esters is 1. The van der Waals surface area contributed by atoms with Crippen LogP contribution in [0.3, 0.4) is 0 Å². The summed E-state index contributed by atoms with van der Waals surface area (Å²) in [5.74, 6) is -2.24. The molecule has 0 saturated heterocycles. The minimum atomic E-state index is -1.02. The number of ether oxygens (including phenoxy) is 1. The number of carbonyl (C=O) groups excluding carboxylic acids is 3. The molecule has 3 amide bonds. The molecule has 0 aliphatic rings. The van der Waals surface area contributed by atoms with Crippen LogP contribution in [0.4, 0.5) is 4.79 Å². The second kappa shape index (κ2) is 8.13. The molecule has 20 heavy (non-hydrogen) atoms. The fourth-order valence-corrected chi connectivity index (χ4v) is 1.49. The molecular formula is C12H20N2O6. The maximum atomic E-state index is 11.5. The second-order valence-electron chi connectivity index (χ2n) is 4.95. The zero-order chi connectivity index (χ0) is 15.8. The number of rotatable bonds is 7. The monoisotopic (exact) mass is 288 g/mol. The van der Waals surface area contributed by atoms with Gasteiger partial charge in [-0.3, -0.25) is 19.7 Å². The van der Waals surface area contributed by atoms with Gasteiger partial charge in [0.15, 0.2) is 0 Å². The molecule has 0 aliphatic carbocycles. The van der Waals surface area contributed by atoms with Gasteiger partial charge in [0.2, 0.25) is 5.91 Å². The molecule has 0 atom stereocenters. The predicted molar refractivity (Wildman–Crippen MR) is 68.8 cm³/mol. The largest absolute Gasteiger partial charge is 0.481 e. The summed E-state index contributed by atoms with van der Waals surface area (Å²) in [4.78, 5) is 44.4. The molecule has 114 valence electrons. The first-order chi connectivity index (χ1) is 9.16. The highest BCUT2D eigenvalue weighted by molar-refractivity contribution is 5.95. The number of amides is 3. The van der Waals surface area contributed by atoms with Gasteiger partial charge >= 0.3 is 18.0 Å². The number of urea groups is 1. The van der Waals surface area contributed by atoms with Crippen LogP contribution >= 0.6 is 0 Å². The van der Waals surface area contributed by atoms with Gasteiger partial charge in [-0.25, -0.2) is 4.79 Å². The summed E-state index contributed by atoms with van der Waals surface area (Å²) in [6, 6.07) is -0.825. The Bertz CT molecular complexity index is 391. The average molecular weight is 288 g/mol. The quantitative estimate of drug-likeness (QED) is 0.578. The van der Waals surface area contributed by atoms with Crippen LogP contribution in [-0.4, -0.2) is 42.1 Å². The van der Waals surface area contributed by atoms with Crippen LogP contribution in [0.2, 0.25) is 0 Å². The number of carboxylic acid groups (broad SMARTS) is 1. The van der Waals surface area contributed by atoms with E-state index in [2.05, 4.69) is 10.1 Å². The van der Waals surface area contributed by atoms with Gasteiger partial charge in [0.1, 0.15) is 6.54 Å². The van der Waals surface area contributed by atoms with Gasteiger partial charge in [-0.05, 0) is 12.3 Å². The van der Waals surface area contributed by atoms with E-state index in [0.717, 1.165) is 0 Å². The van der Waals surface area contributed by atoms with E-state index < -0.39 is 29.3 Å². The molecule has 0 aromatic rings. The van der Waals surface area contributed by atoms with Crippen LogP contribution in [0.1, 0.15) is 33.6 Å². The van der Waals surface area contributed by atoms with Crippen molar-refractivity contribution in [2.45, 2.75) is 33.6 Å². The van der Waals surface area contributed by atoms with Gasteiger partial charge in [0.05, 0.1) is 13.0 Å². The number of nitrogens with one attached hydrogen (secondary N) is 2. The van der Waals surface area contributed by atoms with Gasteiger partial charge in [-0.2, -0.15) is 0 Å². The van der Waals surface area contributed by atoms with Crippen molar-refractivity contribution in [3.05, 3.63) is 0 Å². The normalized spacial score (nSPS) is 10.6. The van der Waals surface area contributed by atoms with Crippen molar-refractivity contribution >= 4 is 23.9 Å². The van der Waals surface area contributed by atoms with Crippen molar-refractivity contribution in [3.8, 4) is 0 Å². The molecule has 0 bridgehead atoms. The van der Waals surface area contributed by atoms with Crippen molar-refractivity contribution < 1.29 is 29.0 Å². The highest BCUT2D eigenvalue weighted by Gasteiger charge is 2.26.